The van der Waals surface area contributed by atoms with Gasteiger partial charge in [0.15, 0.2) is 0 Å². The maximum absolute atomic E-state index is 5.96. The molecule has 4 nitrogen and oxygen atoms in total. The second kappa shape index (κ2) is 6.12. The average Bonchev–Trinajstić information content (AvgIpc) is 2.42. The van der Waals surface area contributed by atoms with Crippen LogP contribution in [0.25, 0.3) is 0 Å². The predicted octanol–water partition coefficient (Wildman–Crippen LogP) is 1.95. The van der Waals surface area contributed by atoms with Gasteiger partial charge in [0.2, 0.25) is 0 Å². The second-order valence-corrected chi connectivity index (χ2v) is 4.18. The minimum Gasteiger partial charge on any atom is -0.398 e. The number of hydrogen-bond donors (Lipinski definition) is 2. The summed E-state index contributed by atoms with van der Waals surface area (Å²) >= 11 is 0. The normalized spacial score (nSPS) is 12.3. The molecule has 2 aromatic rings. The Kier molecular flexibility index (Phi) is 4.25. The fourth-order valence-corrected chi connectivity index (χ4v) is 1.96. The molecule has 1 unspecified atom stereocenters. The summed E-state index contributed by atoms with van der Waals surface area (Å²) in [4.78, 5) is 8.29. The Morgan fingerprint density at radius 1 is 1.22 bits per heavy atom. The Morgan fingerprint density at radius 3 is 2.72 bits per heavy atom. The standard InChI is InChI=1S/C14H18N4/c1-2-18-14(11-4-3-6-16-9-11)8-12-10-17-7-5-13(12)15/h3-7,9-10,14,18H,2,8H2,1H3,(H2,15,17). The molecule has 4 heteroatoms. The number of likely N-dealkylation sites (N-methyl/N-ethyl adjacent to an activating group) is 1. The maximum Gasteiger partial charge on any atom is 0.0378 e. The zero-order chi connectivity index (χ0) is 12.8. The first-order chi connectivity index (χ1) is 8.81. The molecule has 0 fully saturated rings. The van der Waals surface area contributed by atoms with Gasteiger partial charge < -0.3 is 11.1 Å². The lowest BCUT2D eigenvalue weighted by Crippen LogP contribution is -2.23. The zero-order valence-electron chi connectivity index (χ0n) is 10.5. The second-order valence-electron chi connectivity index (χ2n) is 4.18. The maximum atomic E-state index is 5.96. The van der Waals surface area contributed by atoms with E-state index in [0.717, 1.165) is 24.2 Å². The molecule has 0 saturated carbocycles. The van der Waals surface area contributed by atoms with Crippen molar-refractivity contribution in [1.82, 2.24) is 15.3 Å². The lowest BCUT2D eigenvalue weighted by Gasteiger charge is -2.18. The molecule has 1 atom stereocenters. The van der Waals surface area contributed by atoms with Crippen molar-refractivity contribution in [2.45, 2.75) is 19.4 Å². The zero-order valence-corrected chi connectivity index (χ0v) is 10.5. The smallest absolute Gasteiger partial charge is 0.0378 e. The van der Waals surface area contributed by atoms with Gasteiger partial charge in [-0.3, -0.25) is 9.97 Å². The third-order valence-corrected chi connectivity index (χ3v) is 2.90. The molecule has 0 aliphatic rings. The highest BCUT2D eigenvalue weighted by molar-refractivity contribution is 5.45. The van der Waals surface area contributed by atoms with Crippen LogP contribution in [-0.4, -0.2) is 16.5 Å². The number of nitrogen functional groups attached to an aromatic ring is 1. The average molecular weight is 242 g/mol. The topological polar surface area (TPSA) is 63.8 Å². The van der Waals surface area contributed by atoms with Crippen LogP contribution in [0.1, 0.15) is 24.1 Å². The Morgan fingerprint density at radius 2 is 2.06 bits per heavy atom. The van der Waals surface area contributed by atoms with Crippen LogP contribution in [0.4, 0.5) is 5.69 Å². The Bertz CT molecular complexity index is 484. The van der Waals surface area contributed by atoms with Crippen molar-refractivity contribution in [3.8, 4) is 0 Å². The van der Waals surface area contributed by atoms with E-state index in [0.29, 0.717) is 0 Å². The van der Waals surface area contributed by atoms with Crippen LogP contribution < -0.4 is 11.1 Å². The molecular weight excluding hydrogens is 224 g/mol. The van der Waals surface area contributed by atoms with Crippen LogP contribution in [0.5, 0.6) is 0 Å². The van der Waals surface area contributed by atoms with E-state index in [4.69, 9.17) is 5.73 Å². The van der Waals surface area contributed by atoms with Gasteiger partial charge in [0.05, 0.1) is 0 Å². The number of nitrogens with zero attached hydrogens (tertiary/aromatic N) is 2. The SMILES string of the molecule is CCNC(Cc1cnccc1N)c1cccnc1. The first-order valence-electron chi connectivity index (χ1n) is 6.13. The molecule has 0 bridgehead atoms. The summed E-state index contributed by atoms with van der Waals surface area (Å²) in [5.74, 6) is 0. The van der Waals surface area contributed by atoms with Crippen LogP contribution in [0.2, 0.25) is 0 Å². The molecule has 2 heterocycles. The van der Waals surface area contributed by atoms with Crippen molar-refractivity contribution in [3.05, 3.63) is 54.1 Å². The van der Waals surface area contributed by atoms with Gasteiger partial charge in [-0.25, -0.2) is 0 Å². The lowest BCUT2D eigenvalue weighted by molar-refractivity contribution is 0.548. The molecule has 0 aliphatic heterocycles. The van der Waals surface area contributed by atoms with Crippen molar-refractivity contribution in [3.63, 3.8) is 0 Å². The number of nitrogens with one attached hydrogen (secondary N) is 1. The van der Waals surface area contributed by atoms with Gasteiger partial charge in [0, 0.05) is 36.5 Å². The summed E-state index contributed by atoms with van der Waals surface area (Å²) < 4.78 is 0. The number of aromatic nitrogens is 2. The summed E-state index contributed by atoms with van der Waals surface area (Å²) in [6.45, 7) is 3.00. The highest BCUT2D eigenvalue weighted by Crippen LogP contribution is 2.20. The third-order valence-electron chi connectivity index (χ3n) is 2.90. The molecule has 18 heavy (non-hydrogen) atoms. The highest BCUT2D eigenvalue weighted by Gasteiger charge is 2.12. The van der Waals surface area contributed by atoms with E-state index in [2.05, 4.69) is 28.3 Å². The minimum absolute atomic E-state index is 0.218. The first kappa shape index (κ1) is 12.5. The van der Waals surface area contributed by atoms with Crippen LogP contribution >= 0.6 is 0 Å². The monoisotopic (exact) mass is 242 g/mol. The molecule has 0 aliphatic carbocycles. The molecule has 2 aromatic heterocycles. The van der Waals surface area contributed by atoms with E-state index in [9.17, 15) is 0 Å². The molecule has 0 radical (unpaired) electrons. The summed E-state index contributed by atoms with van der Waals surface area (Å²) in [5, 5.41) is 3.45. The number of nitrogens with two attached hydrogens (primary N) is 1. The van der Waals surface area contributed by atoms with Gasteiger partial charge in [0.1, 0.15) is 0 Å². The third kappa shape index (κ3) is 3.05. The largest absolute Gasteiger partial charge is 0.398 e. The van der Waals surface area contributed by atoms with E-state index < -0.39 is 0 Å². The number of anilines is 1. The van der Waals surface area contributed by atoms with Gasteiger partial charge >= 0.3 is 0 Å². The summed E-state index contributed by atoms with van der Waals surface area (Å²) in [7, 11) is 0. The van der Waals surface area contributed by atoms with Crippen molar-refractivity contribution >= 4 is 5.69 Å². The van der Waals surface area contributed by atoms with E-state index in [-0.39, 0.29) is 6.04 Å². The first-order valence-corrected chi connectivity index (χ1v) is 6.13. The van der Waals surface area contributed by atoms with Crippen molar-refractivity contribution in [1.29, 1.82) is 0 Å². The van der Waals surface area contributed by atoms with Gasteiger partial charge in [-0.2, -0.15) is 0 Å². The quantitative estimate of drug-likeness (QED) is 0.841. The molecule has 0 amide bonds. The molecule has 0 spiro atoms. The van der Waals surface area contributed by atoms with Crippen molar-refractivity contribution < 1.29 is 0 Å². The molecule has 0 saturated heterocycles. The van der Waals surface area contributed by atoms with Gasteiger partial charge in [-0.05, 0) is 36.2 Å². The van der Waals surface area contributed by atoms with E-state index in [1.165, 1.54) is 5.56 Å². The van der Waals surface area contributed by atoms with Gasteiger partial charge in [0.25, 0.3) is 0 Å². The summed E-state index contributed by atoms with van der Waals surface area (Å²) in [6.07, 6.45) is 8.03. The number of pyridine rings is 2. The Balaban J connectivity index is 2.19. The predicted molar refractivity (Wildman–Crippen MR) is 73.0 cm³/mol. The summed E-state index contributed by atoms with van der Waals surface area (Å²) in [6, 6.07) is 6.08. The van der Waals surface area contributed by atoms with Crippen LogP contribution in [0.3, 0.4) is 0 Å². The fourth-order valence-electron chi connectivity index (χ4n) is 1.96. The van der Waals surface area contributed by atoms with E-state index >= 15 is 0 Å². The van der Waals surface area contributed by atoms with Crippen LogP contribution in [-0.2, 0) is 6.42 Å². The van der Waals surface area contributed by atoms with E-state index in [1.807, 2.05) is 24.5 Å². The molecular formula is C14H18N4. The number of hydrogen-bond acceptors (Lipinski definition) is 4. The van der Waals surface area contributed by atoms with Gasteiger partial charge in [-0.1, -0.05) is 13.0 Å². The van der Waals surface area contributed by atoms with Gasteiger partial charge in [-0.15, -0.1) is 0 Å². The van der Waals surface area contributed by atoms with Crippen LogP contribution in [0.15, 0.2) is 43.0 Å². The summed E-state index contributed by atoms with van der Waals surface area (Å²) in [5.41, 5.74) is 8.98. The van der Waals surface area contributed by atoms with Crippen molar-refractivity contribution in [2.24, 2.45) is 0 Å². The molecule has 94 valence electrons. The highest BCUT2D eigenvalue weighted by atomic mass is 14.9. The van der Waals surface area contributed by atoms with Crippen LogP contribution in [0, 0.1) is 0 Å². The molecule has 2 rings (SSSR count). The Labute approximate surface area is 107 Å². The molecule has 0 aromatic carbocycles. The minimum atomic E-state index is 0.218. The lowest BCUT2D eigenvalue weighted by atomic mass is 10.0. The van der Waals surface area contributed by atoms with Crippen molar-refractivity contribution in [2.75, 3.05) is 12.3 Å². The Hall–Kier alpha value is -1.94. The van der Waals surface area contributed by atoms with E-state index in [1.54, 1.807) is 12.4 Å². The number of rotatable bonds is 5. The molecule has 3 N–H and O–H groups in total. The fraction of sp³-hybridized carbons (Fsp3) is 0.286.